The van der Waals surface area contributed by atoms with Crippen molar-refractivity contribution >= 4 is 5.78 Å². The van der Waals surface area contributed by atoms with Crippen LogP contribution in [-0.4, -0.2) is 15.8 Å². The van der Waals surface area contributed by atoms with Crippen molar-refractivity contribution in [1.82, 2.24) is 9.97 Å². The van der Waals surface area contributed by atoms with E-state index < -0.39 is 0 Å². The highest BCUT2D eigenvalue weighted by atomic mass is 16.1. The van der Waals surface area contributed by atoms with E-state index in [9.17, 15) is 4.79 Å². The molecule has 3 nitrogen and oxygen atoms in total. The first-order valence-electron chi connectivity index (χ1n) is 4.75. The first kappa shape index (κ1) is 9.96. The lowest BCUT2D eigenvalue weighted by Gasteiger charge is -2.09. The third kappa shape index (κ3) is 2.68. The Balaban J connectivity index is 2.63. The Labute approximate surface area is 78.6 Å². The van der Waals surface area contributed by atoms with Crippen LogP contribution in [0.5, 0.6) is 0 Å². The molecule has 3 heteroatoms. The fourth-order valence-corrected chi connectivity index (χ4v) is 1.41. The van der Waals surface area contributed by atoms with Gasteiger partial charge in [-0.15, -0.1) is 0 Å². The molecule has 1 aromatic heterocycles. The SMILES string of the molecule is CCCCC(C(C)=O)c1ncc[nH]1. The highest BCUT2D eigenvalue weighted by Gasteiger charge is 2.17. The maximum absolute atomic E-state index is 11.3. The second-order valence-corrected chi connectivity index (χ2v) is 3.28. The number of aromatic amines is 1. The average Bonchev–Trinajstić information content (AvgIpc) is 2.57. The predicted octanol–water partition coefficient (Wildman–Crippen LogP) is 2.27. The topological polar surface area (TPSA) is 45.8 Å². The van der Waals surface area contributed by atoms with Crippen LogP contribution in [0.3, 0.4) is 0 Å². The summed E-state index contributed by atoms with van der Waals surface area (Å²) < 4.78 is 0. The summed E-state index contributed by atoms with van der Waals surface area (Å²) in [7, 11) is 0. The van der Waals surface area contributed by atoms with Crippen molar-refractivity contribution in [1.29, 1.82) is 0 Å². The van der Waals surface area contributed by atoms with Crippen molar-refractivity contribution in [2.24, 2.45) is 0 Å². The lowest BCUT2D eigenvalue weighted by Crippen LogP contribution is -2.10. The van der Waals surface area contributed by atoms with Crippen molar-refractivity contribution < 1.29 is 4.79 Å². The van der Waals surface area contributed by atoms with Crippen LogP contribution in [0.15, 0.2) is 12.4 Å². The number of ketones is 1. The molecule has 0 saturated heterocycles. The van der Waals surface area contributed by atoms with E-state index >= 15 is 0 Å². The molecule has 0 amide bonds. The van der Waals surface area contributed by atoms with Gasteiger partial charge in [-0.1, -0.05) is 19.8 Å². The van der Waals surface area contributed by atoms with Crippen molar-refractivity contribution in [2.45, 2.75) is 39.0 Å². The summed E-state index contributed by atoms with van der Waals surface area (Å²) >= 11 is 0. The van der Waals surface area contributed by atoms with Gasteiger partial charge in [-0.25, -0.2) is 4.98 Å². The second-order valence-electron chi connectivity index (χ2n) is 3.28. The van der Waals surface area contributed by atoms with Gasteiger partial charge in [0.05, 0.1) is 5.92 Å². The number of hydrogen-bond acceptors (Lipinski definition) is 2. The van der Waals surface area contributed by atoms with Crippen LogP contribution in [0.4, 0.5) is 0 Å². The molecule has 1 unspecified atom stereocenters. The first-order chi connectivity index (χ1) is 6.25. The number of carbonyl (C=O) groups excluding carboxylic acids is 1. The summed E-state index contributed by atoms with van der Waals surface area (Å²) in [6.45, 7) is 3.75. The summed E-state index contributed by atoms with van der Waals surface area (Å²) in [4.78, 5) is 18.4. The van der Waals surface area contributed by atoms with Crippen molar-refractivity contribution in [3.8, 4) is 0 Å². The summed E-state index contributed by atoms with van der Waals surface area (Å²) in [5, 5.41) is 0. The van der Waals surface area contributed by atoms with Crippen LogP contribution in [0.2, 0.25) is 0 Å². The summed E-state index contributed by atoms with van der Waals surface area (Å²) in [5.74, 6) is 0.972. The maximum atomic E-state index is 11.3. The van der Waals surface area contributed by atoms with Gasteiger partial charge in [0.25, 0.3) is 0 Å². The van der Waals surface area contributed by atoms with Gasteiger partial charge in [-0.3, -0.25) is 4.79 Å². The lowest BCUT2D eigenvalue weighted by molar-refractivity contribution is -0.118. The number of nitrogens with one attached hydrogen (secondary N) is 1. The van der Waals surface area contributed by atoms with Crippen molar-refractivity contribution in [3.05, 3.63) is 18.2 Å². The Kier molecular flexibility index (Phi) is 3.68. The quantitative estimate of drug-likeness (QED) is 0.755. The number of H-pyrrole nitrogens is 1. The molecule has 0 fully saturated rings. The number of hydrogen-bond donors (Lipinski definition) is 1. The van der Waals surface area contributed by atoms with Gasteiger partial charge < -0.3 is 4.98 Å². The van der Waals surface area contributed by atoms with Crippen LogP contribution in [-0.2, 0) is 4.79 Å². The zero-order chi connectivity index (χ0) is 9.68. The van der Waals surface area contributed by atoms with E-state index in [0.717, 1.165) is 25.1 Å². The van der Waals surface area contributed by atoms with E-state index in [1.807, 2.05) is 0 Å². The molecule has 0 spiro atoms. The molecular weight excluding hydrogens is 164 g/mol. The predicted molar refractivity (Wildman–Crippen MR) is 51.5 cm³/mol. The molecule has 0 aliphatic rings. The van der Waals surface area contributed by atoms with E-state index in [1.54, 1.807) is 19.3 Å². The van der Waals surface area contributed by atoms with Gasteiger partial charge in [-0.05, 0) is 13.3 Å². The van der Waals surface area contributed by atoms with Gasteiger partial charge in [-0.2, -0.15) is 0 Å². The highest BCUT2D eigenvalue weighted by Crippen LogP contribution is 2.19. The van der Waals surface area contributed by atoms with Gasteiger partial charge >= 0.3 is 0 Å². The van der Waals surface area contributed by atoms with Gasteiger partial charge in [0.2, 0.25) is 0 Å². The Morgan fingerprint density at radius 3 is 2.92 bits per heavy atom. The number of rotatable bonds is 5. The zero-order valence-corrected chi connectivity index (χ0v) is 8.21. The van der Waals surface area contributed by atoms with E-state index in [0.29, 0.717) is 0 Å². The Bertz CT molecular complexity index is 254. The molecular formula is C10H16N2O. The van der Waals surface area contributed by atoms with E-state index in [2.05, 4.69) is 16.9 Å². The molecule has 0 aliphatic heterocycles. The molecule has 72 valence electrons. The monoisotopic (exact) mass is 180 g/mol. The third-order valence-electron chi connectivity index (χ3n) is 2.19. The normalized spacial score (nSPS) is 12.8. The molecule has 1 rings (SSSR count). The molecule has 1 atom stereocenters. The molecule has 1 heterocycles. The Hall–Kier alpha value is -1.12. The van der Waals surface area contributed by atoms with Crippen molar-refractivity contribution in [2.75, 3.05) is 0 Å². The lowest BCUT2D eigenvalue weighted by atomic mass is 9.98. The summed E-state index contributed by atoms with van der Waals surface area (Å²) in [5.41, 5.74) is 0. The van der Waals surface area contributed by atoms with Gasteiger partial charge in [0.15, 0.2) is 0 Å². The Morgan fingerprint density at radius 2 is 2.46 bits per heavy atom. The largest absolute Gasteiger partial charge is 0.348 e. The summed E-state index contributed by atoms with van der Waals surface area (Å²) in [6.07, 6.45) is 6.54. The summed E-state index contributed by atoms with van der Waals surface area (Å²) in [6, 6.07) is 0. The van der Waals surface area contributed by atoms with Crippen LogP contribution in [0.1, 0.15) is 44.9 Å². The van der Waals surface area contributed by atoms with E-state index in [4.69, 9.17) is 0 Å². The minimum atomic E-state index is -0.0325. The molecule has 0 bridgehead atoms. The molecule has 1 aromatic rings. The molecule has 0 saturated carbocycles. The van der Waals surface area contributed by atoms with E-state index in [1.165, 1.54) is 0 Å². The minimum absolute atomic E-state index is 0.0325. The molecule has 13 heavy (non-hydrogen) atoms. The van der Waals surface area contributed by atoms with Crippen LogP contribution >= 0.6 is 0 Å². The third-order valence-corrected chi connectivity index (χ3v) is 2.19. The molecule has 0 aliphatic carbocycles. The smallest absolute Gasteiger partial charge is 0.140 e. The van der Waals surface area contributed by atoms with Crippen LogP contribution < -0.4 is 0 Å². The highest BCUT2D eigenvalue weighted by molar-refractivity contribution is 5.82. The number of nitrogens with zero attached hydrogens (tertiary/aromatic N) is 1. The minimum Gasteiger partial charge on any atom is -0.348 e. The number of Topliss-reactive ketones (excluding diaryl/α,β-unsaturated/α-hetero) is 1. The number of imidazole rings is 1. The number of aromatic nitrogens is 2. The standard InChI is InChI=1S/C10H16N2O/c1-3-4-5-9(8(2)13)10-11-6-7-12-10/h6-7,9H,3-5H2,1-2H3,(H,11,12). The number of carbonyl (C=O) groups is 1. The average molecular weight is 180 g/mol. The molecule has 1 N–H and O–H groups in total. The van der Waals surface area contributed by atoms with Crippen LogP contribution in [0, 0.1) is 0 Å². The van der Waals surface area contributed by atoms with Crippen molar-refractivity contribution in [3.63, 3.8) is 0 Å². The van der Waals surface area contributed by atoms with E-state index in [-0.39, 0.29) is 11.7 Å². The fraction of sp³-hybridized carbons (Fsp3) is 0.600. The molecule has 0 radical (unpaired) electrons. The van der Waals surface area contributed by atoms with Gasteiger partial charge in [0.1, 0.15) is 11.6 Å². The molecule has 0 aromatic carbocycles. The first-order valence-corrected chi connectivity index (χ1v) is 4.75. The maximum Gasteiger partial charge on any atom is 0.140 e. The van der Waals surface area contributed by atoms with Gasteiger partial charge in [0, 0.05) is 12.4 Å². The number of unbranched alkanes of at least 4 members (excludes halogenated alkanes) is 1. The Morgan fingerprint density at radius 1 is 1.69 bits per heavy atom. The second kappa shape index (κ2) is 4.80. The zero-order valence-electron chi connectivity index (χ0n) is 8.21. The fourth-order valence-electron chi connectivity index (χ4n) is 1.41. The van der Waals surface area contributed by atoms with Crippen LogP contribution in [0.25, 0.3) is 0 Å².